The number of ether oxygens (including phenoxy) is 1. The van der Waals surface area contributed by atoms with E-state index in [0.29, 0.717) is 25.5 Å². The Morgan fingerprint density at radius 2 is 2.40 bits per heavy atom. The monoisotopic (exact) mass is 207 g/mol. The molecule has 15 heavy (non-hydrogen) atoms. The van der Waals surface area contributed by atoms with E-state index >= 15 is 0 Å². The van der Waals surface area contributed by atoms with Crippen molar-refractivity contribution in [3.8, 4) is 6.07 Å². The number of nitrogens with zero attached hydrogens (tertiary/aromatic N) is 2. The van der Waals surface area contributed by atoms with Crippen LogP contribution in [0.1, 0.15) is 11.3 Å². The van der Waals surface area contributed by atoms with Crippen LogP contribution in [0.2, 0.25) is 0 Å². The Labute approximate surface area is 88.6 Å². The highest BCUT2D eigenvalue weighted by Crippen LogP contribution is 1.99. The fourth-order valence-electron chi connectivity index (χ4n) is 0.977. The van der Waals surface area contributed by atoms with Crippen LogP contribution < -0.4 is 5.48 Å². The van der Waals surface area contributed by atoms with E-state index in [-0.39, 0.29) is 0 Å². The average molecular weight is 207 g/mol. The van der Waals surface area contributed by atoms with Crippen LogP contribution in [0.5, 0.6) is 0 Å². The van der Waals surface area contributed by atoms with Crippen LogP contribution in [-0.2, 0) is 16.1 Å². The normalized spacial score (nSPS) is 9.87. The minimum absolute atomic E-state index is 0.409. The summed E-state index contributed by atoms with van der Waals surface area (Å²) >= 11 is 0. The van der Waals surface area contributed by atoms with Gasteiger partial charge in [-0.3, -0.25) is 4.84 Å². The second kappa shape index (κ2) is 6.90. The van der Waals surface area contributed by atoms with Gasteiger partial charge in [0, 0.05) is 19.9 Å². The summed E-state index contributed by atoms with van der Waals surface area (Å²) in [6.07, 6.45) is 1.60. The number of aromatic nitrogens is 1. The van der Waals surface area contributed by atoms with Gasteiger partial charge in [-0.15, -0.1) is 0 Å². The maximum absolute atomic E-state index is 8.62. The molecule has 0 spiro atoms. The number of pyridine rings is 1. The van der Waals surface area contributed by atoms with E-state index in [1.807, 2.05) is 12.1 Å². The van der Waals surface area contributed by atoms with Crippen molar-refractivity contribution in [2.24, 2.45) is 0 Å². The van der Waals surface area contributed by atoms with Crippen LogP contribution in [0.4, 0.5) is 0 Å². The van der Waals surface area contributed by atoms with E-state index in [4.69, 9.17) is 14.8 Å². The van der Waals surface area contributed by atoms with Gasteiger partial charge in [-0.1, -0.05) is 0 Å². The number of hydrogen-bond acceptors (Lipinski definition) is 5. The average Bonchev–Trinajstić information content (AvgIpc) is 2.29. The highest BCUT2D eigenvalue weighted by Gasteiger charge is 1.95. The third-order valence-corrected chi connectivity index (χ3v) is 1.71. The molecule has 0 saturated heterocycles. The number of hydrogen-bond donors (Lipinski definition) is 1. The Hall–Kier alpha value is -1.48. The molecular formula is C10H13N3O2. The van der Waals surface area contributed by atoms with Crippen molar-refractivity contribution in [2.45, 2.75) is 6.54 Å². The van der Waals surface area contributed by atoms with Crippen LogP contribution in [0.3, 0.4) is 0 Å². The molecule has 0 aromatic carbocycles. The first-order valence-electron chi connectivity index (χ1n) is 4.55. The largest absolute Gasteiger partial charge is 0.382 e. The predicted molar refractivity (Wildman–Crippen MR) is 53.6 cm³/mol. The molecule has 0 aliphatic rings. The summed E-state index contributed by atoms with van der Waals surface area (Å²) in [5.74, 6) is 0. The molecule has 1 aromatic rings. The van der Waals surface area contributed by atoms with Crippen LogP contribution in [0, 0.1) is 11.3 Å². The number of hydroxylamine groups is 1. The molecule has 1 N–H and O–H groups in total. The van der Waals surface area contributed by atoms with Gasteiger partial charge >= 0.3 is 0 Å². The topological polar surface area (TPSA) is 67.2 Å². The van der Waals surface area contributed by atoms with Crippen LogP contribution in [-0.4, -0.2) is 25.3 Å². The highest BCUT2D eigenvalue weighted by molar-refractivity contribution is 5.25. The molecule has 0 saturated carbocycles. The van der Waals surface area contributed by atoms with Crippen LogP contribution >= 0.6 is 0 Å². The molecule has 0 aliphatic carbocycles. The number of methoxy groups -OCH3 is 1. The molecule has 0 unspecified atom stereocenters. The number of nitrogens with one attached hydrogen (secondary N) is 1. The molecule has 0 amide bonds. The lowest BCUT2D eigenvalue weighted by Gasteiger charge is -2.05. The van der Waals surface area contributed by atoms with Crippen molar-refractivity contribution in [1.82, 2.24) is 10.5 Å². The van der Waals surface area contributed by atoms with Gasteiger partial charge in [0.2, 0.25) is 0 Å². The fourth-order valence-corrected chi connectivity index (χ4v) is 0.977. The van der Waals surface area contributed by atoms with Crippen LogP contribution in [0.25, 0.3) is 0 Å². The van der Waals surface area contributed by atoms with E-state index in [9.17, 15) is 0 Å². The summed E-state index contributed by atoms with van der Waals surface area (Å²) in [5, 5.41) is 8.62. The van der Waals surface area contributed by atoms with E-state index in [1.165, 1.54) is 0 Å². The van der Waals surface area contributed by atoms with Crippen molar-refractivity contribution in [1.29, 1.82) is 5.26 Å². The third-order valence-electron chi connectivity index (χ3n) is 1.71. The summed E-state index contributed by atoms with van der Waals surface area (Å²) in [7, 11) is 1.62. The molecule has 5 nitrogen and oxygen atoms in total. The maximum atomic E-state index is 8.62. The summed E-state index contributed by atoms with van der Waals surface area (Å²) in [6, 6.07) is 5.52. The Balaban J connectivity index is 2.28. The molecule has 0 aliphatic heterocycles. The van der Waals surface area contributed by atoms with Gasteiger partial charge in [-0.05, 0) is 17.7 Å². The van der Waals surface area contributed by atoms with Gasteiger partial charge in [-0.25, -0.2) is 4.98 Å². The summed E-state index contributed by atoms with van der Waals surface area (Å²) in [5.41, 5.74) is 4.14. The van der Waals surface area contributed by atoms with Crippen molar-refractivity contribution >= 4 is 0 Å². The molecule has 1 rings (SSSR count). The second-order valence-electron chi connectivity index (χ2n) is 2.82. The van der Waals surface area contributed by atoms with Crippen molar-refractivity contribution < 1.29 is 9.57 Å². The molecule has 80 valence electrons. The standard InChI is InChI=1S/C10H13N3O2/c1-14-4-5-15-13-8-9-2-3-12-10(6-9)7-11/h2-3,6,13H,4-5,8H2,1H3. The molecular weight excluding hydrogens is 194 g/mol. The zero-order chi connectivity index (χ0) is 10.9. The molecule has 0 radical (unpaired) electrons. The Morgan fingerprint density at radius 1 is 1.53 bits per heavy atom. The second-order valence-corrected chi connectivity index (χ2v) is 2.82. The zero-order valence-electron chi connectivity index (χ0n) is 8.56. The van der Waals surface area contributed by atoms with Gasteiger partial charge in [0.15, 0.2) is 0 Å². The SMILES string of the molecule is COCCONCc1ccnc(C#N)c1. The highest BCUT2D eigenvalue weighted by atomic mass is 16.7. The Kier molecular flexibility index (Phi) is 5.33. The molecule has 0 fully saturated rings. The van der Waals surface area contributed by atoms with E-state index < -0.39 is 0 Å². The summed E-state index contributed by atoms with van der Waals surface area (Å²) in [6.45, 7) is 1.58. The lowest BCUT2D eigenvalue weighted by atomic mass is 10.2. The summed E-state index contributed by atoms with van der Waals surface area (Å²) in [4.78, 5) is 8.94. The maximum Gasteiger partial charge on any atom is 0.140 e. The fraction of sp³-hybridized carbons (Fsp3) is 0.400. The number of rotatable bonds is 6. The first-order chi connectivity index (χ1) is 7.36. The van der Waals surface area contributed by atoms with Crippen molar-refractivity contribution in [2.75, 3.05) is 20.3 Å². The van der Waals surface area contributed by atoms with Crippen molar-refractivity contribution in [3.63, 3.8) is 0 Å². The van der Waals surface area contributed by atoms with E-state index in [1.54, 1.807) is 19.4 Å². The molecule has 1 heterocycles. The van der Waals surface area contributed by atoms with Crippen molar-refractivity contribution in [3.05, 3.63) is 29.6 Å². The minimum atomic E-state index is 0.409. The smallest absolute Gasteiger partial charge is 0.140 e. The first kappa shape index (κ1) is 11.6. The van der Waals surface area contributed by atoms with Gasteiger partial charge in [0.25, 0.3) is 0 Å². The third kappa shape index (κ3) is 4.51. The van der Waals surface area contributed by atoms with Gasteiger partial charge < -0.3 is 4.74 Å². The first-order valence-corrected chi connectivity index (χ1v) is 4.55. The summed E-state index contributed by atoms with van der Waals surface area (Å²) < 4.78 is 4.81. The quantitative estimate of drug-likeness (QED) is 0.547. The molecule has 0 bridgehead atoms. The van der Waals surface area contributed by atoms with Gasteiger partial charge in [0.05, 0.1) is 13.2 Å². The van der Waals surface area contributed by atoms with Gasteiger partial charge in [0.1, 0.15) is 11.8 Å². The zero-order valence-corrected chi connectivity index (χ0v) is 8.56. The van der Waals surface area contributed by atoms with E-state index in [2.05, 4.69) is 10.5 Å². The Morgan fingerprint density at radius 3 is 3.13 bits per heavy atom. The number of nitriles is 1. The minimum Gasteiger partial charge on any atom is -0.382 e. The Bertz CT molecular complexity index is 336. The lowest BCUT2D eigenvalue weighted by Crippen LogP contribution is -2.17. The lowest BCUT2D eigenvalue weighted by molar-refractivity contribution is 0.00345. The molecule has 0 atom stereocenters. The molecule has 5 heteroatoms. The predicted octanol–water partition coefficient (Wildman–Crippen LogP) is 0.621. The van der Waals surface area contributed by atoms with E-state index in [0.717, 1.165) is 5.56 Å². The molecule has 1 aromatic heterocycles. The van der Waals surface area contributed by atoms with Gasteiger partial charge in [-0.2, -0.15) is 10.7 Å². The van der Waals surface area contributed by atoms with Crippen LogP contribution in [0.15, 0.2) is 18.3 Å².